The molecule has 0 spiro atoms. The summed E-state index contributed by atoms with van der Waals surface area (Å²) in [5, 5.41) is 2.56. The van der Waals surface area contributed by atoms with Crippen LogP contribution in [0.5, 0.6) is 5.75 Å². The molecule has 2 aromatic rings. The number of amides is 1. The normalized spacial score (nSPS) is 10.2. The minimum atomic E-state index is -0.642. The van der Waals surface area contributed by atoms with Gasteiger partial charge in [0.2, 0.25) is 0 Å². The smallest absolute Gasteiger partial charge is 0.262 e. The Morgan fingerprint density at radius 1 is 1.20 bits per heavy atom. The summed E-state index contributed by atoms with van der Waals surface area (Å²) >= 11 is 5.60. The van der Waals surface area contributed by atoms with Gasteiger partial charge in [0.15, 0.2) is 6.61 Å². The van der Waals surface area contributed by atoms with Gasteiger partial charge in [0.25, 0.3) is 5.91 Å². The van der Waals surface area contributed by atoms with Gasteiger partial charge in [0.1, 0.15) is 17.4 Å². The molecule has 20 heavy (non-hydrogen) atoms. The predicted octanol–water partition coefficient (Wildman–Crippen LogP) is 3.64. The second-order valence-electron chi connectivity index (χ2n) is 3.92. The number of hydrogen-bond acceptors (Lipinski definition) is 2. The maximum atomic E-state index is 13.4. The van der Waals surface area contributed by atoms with E-state index in [1.54, 1.807) is 0 Å². The van der Waals surface area contributed by atoms with Gasteiger partial charge in [-0.05, 0) is 30.3 Å². The summed E-state index contributed by atoms with van der Waals surface area (Å²) in [6.07, 6.45) is 0. The monoisotopic (exact) mass is 297 g/mol. The van der Waals surface area contributed by atoms with Crippen molar-refractivity contribution in [2.45, 2.75) is 0 Å². The van der Waals surface area contributed by atoms with Gasteiger partial charge in [0.05, 0.1) is 5.69 Å². The number of nitrogens with one attached hydrogen (secondary N) is 1. The van der Waals surface area contributed by atoms with E-state index in [-0.39, 0.29) is 23.1 Å². The Morgan fingerprint density at radius 2 is 2.00 bits per heavy atom. The number of carbonyl (C=O) groups excluding carboxylic acids is 1. The molecule has 1 amide bonds. The van der Waals surface area contributed by atoms with Gasteiger partial charge in [-0.25, -0.2) is 8.78 Å². The highest BCUT2D eigenvalue weighted by Gasteiger charge is 2.08. The van der Waals surface area contributed by atoms with Crippen molar-refractivity contribution in [3.8, 4) is 5.75 Å². The minimum Gasteiger partial charge on any atom is -0.484 e. The molecule has 0 saturated heterocycles. The molecular formula is C14H10ClF2NO2. The molecule has 0 aliphatic rings. The van der Waals surface area contributed by atoms with Crippen molar-refractivity contribution in [2.75, 3.05) is 11.9 Å². The summed E-state index contributed by atoms with van der Waals surface area (Å²) in [4.78, 5) is 11.6. The Labute approximate surface area is 119 Å². The van der Waals surface area contributed by atoms with Crippen LogP contribution in [0, 0.1) is 11.6 Å². The lowest BCUT2D eigenvalue weighted by atomic mass is 10.3. The zero-order valence-electron chi connectivity index (χ0n) is 10.2. The van der Waals surface area contributed by atoms with Crippen LogP contribution in [0.15, 0.2) is 42.5 Å². The van der Waals surface area contributed by atoms with Crippen LogP contribution in [0.25, 0.3) is 0 Å². The number of anilines is 1. The summed E-state index contributed by atoms with van der Waals surface area (Å²) in [5.41, 5.74) is 0.00208. The molecule has 0 bridgehead atoms. The lowest BCUT2D eigenvalue weighted by molar-refractivity contribution is -0.118. The van der Waals surface area contributed by atoms with Crippen LogP contribution >= 0.6 is 11.6 Å². The van der Waals surface area contributed by atoms with Crippen LogP contribution in [-0.4, -0.2) is 12.5 Å². The fourth-order valence-corrected chi connectivity index (χ4v) is 1.64. The summed E-state index contributed by atoms with van der Waals surface area (Å²) in [6.45, 7) is -0.356. The molecule has 0 aromatic heterocycles. The first-order valence-electron chi connectivity index (χ1n) is 5.68. The maximum absolute atomic E-state index is 13.4. The zero-order valence-corrected chi connectivity index (χ0v) is 11.0. The molecule has 6 heteroatoms. The van der Waals surface area contributed by atoms with E-state index in [0.29, 0.717) is 0 Å². The van der Waals surface area contributed by atoms with Crippen LogP contribution < -0.4 is 10.1 Å². The SMILES string of the molecule is O=C(COc1cccc(F)c1)Nc1ccc(Cl)cc1F. The average Bonchev–Trinajstić information content (AvgIpc) is 2.40. The van der Waals surface area contributed by atoms with Gasteiger partial charge >= 0.3 is 0 Å². The molecule has 104 valence electrons. The highest BCUT2D eigenvalue weighted by molar-refractivity contribution is 6.30. The topological polar surface area (TPSA) is 38.3 Å². The molecule has 0 heterocycles. The molecule has 1 N–H and O–H groups in total. The number of ether oxygens (including phenoxy) is 1. The van der Waals surface area contributed by atoms with E-state index in [2.05, 4.69) is 5.32 Å². The summed E-state index contributed by atoms with van der Waals surface area (Å²) < 4.78 is 31.4. The highest BCUT2D eigenvalue weighted by Crippen LogP contribution is 2.19. The third-order valence-electron chi connectivity index (χ3n) is 2.37. The zero-order chi connectivity index (χ0) is 14.5. The third-order valence-corrected chi connectivity index (χ3v) is 2.61. The Balaban J connectivity index is 1.92. The standard InChI is InChI=1S/C14H10ClF2NO2/c15-9-4-5-13(12(17)6-9)18-14(19)8-20-11-3-1-2-10(16)7-11/h1-7H,8H2,(H,18,19). The first-order valence-corrected chi connectivity index (χ1v) is 6.05. The minimum absolute atomic E-state index is 0.00208. The summed E-state index contributed by atoms with van der Waals surface area (Å²) in [7, 11) is 0. The number of benzene rings is 2. The van der Waals surface area contributed by atoms with Gasteiger partial charge in [-0.1, -0.05) is 17.7 Å². The molecule has 0 aliphatic carbocycles. The Morgan fingerprint density at radius 3 is 2.70 bits per heavy atom. The first-order chi connectivity index (χ1) is 9.54. The molecule has 0 aliphatic heterocycles. The van der Waals surface area contributed by atoms with Gasteiger partial charge < -0.3 is 10.1 Å². The molecule has 2 aromatic carbocycles. The number of carbonyl (C=O) groups is 1. The van der Waals surface area contributed by atoms with Gasteiger partial charge in [-0.3, -0.25) is 4.79 Å². The number of halogens is 3. The second-order valence-corrected chi connectivity index (χ2v) is 4.35. The molecular weight excluding hydrogens is 288 g/mol. The second kappa shape index (κ2) is 6.34. The molecule has 3 nitrogen and oxygen atoms in total. The van der Waals surface area contributed by atoms with Crippen molar-refractivity contribution < 1.29 is 18.3 Å². The number of rotatable bonds is 4. The van der Waals surface area contributed by atoms with Crippen LogP contribution in [0.3, 0.4) is 0 Å². The van der Waals surface area contributed by atoms with Crippen LogP contribution in [-0.2, 0) is 4.79 Å². The molecule has 0 unspecified atom stereocenters. The van der Waals surface area contributed by atoms with Crippen molar-refractivity contribution in [3.05, 3.63) is 59.1 Å². The third kappa shape index (κ3) is 3.93. The van der Waals surface area contributed by atoms with E-state index in [9.17, 15) is 13.6 Å². The van der Waals surface area contributed by atoms with Gasteiger partial charge in [-0.15, -0.1) is 0 Å². The lowest BCUT2D eigenvalue weighted by Gasteiger charge is -2.08. The Kier molecular flexibility index (Phi) is 4.53. The van der Waals surface area contributed by atoms with E-state index in [0.717, 1.165) is 12.1 Å². The van der Waals surface area contributed by atoms with Crippen molar-refractivity contribution in [1.82, 2.24) is 0 Å². The fraction of sp³-hybridized carbons (Fsp3) is 0.0714. The van der Waals surface area contributed by atoms with Gasteiger partial charge in [-0.2, -0.15) is 0 Å². The summed E-state index contributed by atoms with van der Waals surface area (Å²) in [5.74, 6) is -1.45. The average molecular weight is 298 g/mol. The molecule has 0 saturated carbocycles. The molecule has 0 atom stereocenters. The van der Waals surface area contributed by atoms with Crippen molar-refractivity contribution in [3.63, 3.8) is 0 Å². The maximum Gasteiger partial charge on any atom is 0.262 e. The van der Waals surface area contributed by atoms with Crippen molar-refractivity contribution in [1.29, 1.82) is 0 Å². The van der Waals surface area contributed by atoms with Gasteiger partial charge in [0, 0.05) is 11.1 Å². The van der Waals surface area contributed by atoms with E-state index in [1.165, 1.54) is 30.3 Å². The van der Waals surface area contributed by atoms with E-state index < -0.39 is 17.5 Å². The summed E-state index contributed by atoms with van der Waals surface area (Å²) in [6, 6.07) is 9.27. The molecule has 0 fully saturated rings. The van der Waals surface area contributed by atoms with Crippen LogP contribution in [0.4, 0.5) is 14.5 Å². The highest BCUT2D eigenvalue weighted by atomic mass is 35.5. The molecule has 0 radical (unpaired) electrons. The van der Waals surface area contributed by atoms with Crippen LogP contribution in [0.1, 0.15) is 0 Å². The molecule has 2 rings (SSSR count). The largest absolute Gasteiger partial charge is 0.484 e. The Bertz CT molecular complexity index is 634. The lowest BCUT2D eigenvalue weighted by Crippen LogP contribution is -2.20. The van der Waals surface area contributed by atoms with Crippen LogP contribution in [0.2, 0.25) is 5.02 Å². The fourth-order valence-electron chi connectivity index (χ4n) is 1.48. The number of hydrogen-bond donors (Lipinski definition) is 1. The predicted molar refractivity (Wildman–Crippen MR) is 71.9 cm³/mol. The van der Waals surface area contributed by atoms with E-state index >= 15 is 0 Å². The van der Waals surface area contributed by atoms with E-state index in [1.807, 2.05) is 0 Å². The van der Waals surface area contributed by atoms with Crippen molar-refractivity contribution in [2.24, 2.45) is 0 Å². The quantitative estimate of drug-likeness (QED) is 0.936. The van der Waals surface area contributed by atoms with Crippen molar-refractivity contribution >= 4 is 23.2 Å². The van der Waals surface area contributed by atoms with E-state index in [4.69, 9.17) is 16.3 Å². The first kappa shape index (κ1) is 14.3. The Hall–Kier alpha value is -2.14.